The molecule has 0 fully saturated rings. The Kier molecular flexibility index (Phi) is 4.81. The lowest BCUT2D eigenvalue weighted by atomic mass is 10.1. The van der Waals surface area contributed by atoms with Crippen LogP contribution in [0.25, 0.3) is 0 Å². The molecule has 94 valence electrons. The summed E-state index contributed by atoms with van der Waals surface area (Å²) in [6, 6.07) is 16.5. The molecule has 0 heterocycles. The van der Waals surface area contributed by atoms with Gasteiger partial charge in [0.15, 0.2) is 0 Å². The Morgan fingerprint density at radius 1 is 1.17 bits per heavy atom. The van der Waals surface area contributed by atoms with E-state index >= 15 is 0 Å². The monoisotopic (exact) mass is 323 g/mol. The summed E-state index contributed by atoms with van der Waals surface area (Å²) in [5.74, 6) is 0. The number of benzene rings is 2. The normalized spacial score (nSPS) is 12.4. The van der Waals surface area contributed by atoms with Crippen molar-refractivity contribution < 1.29 is 0 Å². The molecule has 0 aliphatic rings. The van der Waals surface area contributed by atoms with Crippen LogP contribution in [-0.2, 0) is 6.54 Å². The molecular formula is C15H15BrClN. The smallest absolute Gasteiger partial charge is 0.0409 e. The van der Waals surface area contributed by atoms with Crippen LogP contribution >= 0.6 is 27.5 Å². The van der Waals surface area contributed by atoms with Gasteiger partial charge in [0.25, 0.3) is 0 Å². The van der Waals surface area contributed by atoms with Crippen molar-refractivity contribution in [1.29, 1.82) is 0 Å². The minimum absolute atomic E-state index is 0.274. The molecule has 1 N–H and O–H groups in total. The molecule has 0 saturated heterocycles. The summed E-state index contributed by atoms with van der Waals surface area (Å²) in [5, 5.41) is 4.27. The molecule has 3 heteroatoms. The maximum absolute atomic E-state index is 6.00. The van der Waals surface area contributed by atoms with Crippen LogP contribution < -0.4 is 5.32 Å². The van der Waals surface area contributed by atoms with Crippen LogP contribution in [0.2, 0.25) is 5.02 Å². The molecule has 0 aromatic heterocycles. The zero-order valence-corrected chi connectivity index (χ0v) is 12.5. The van der Waals surface area contributed by atoms with E-state index in [2.05, 4.69) is 46.4 Å². The third-order valence-electron chi connectivity index (χ3n) is 2.91. The van der Waals surface area contributed by atoms with Crippen molar-refractivity contribution >= 4 is 27.5 Å². The molecule has 0 aliphatic carbocycles. The van der Waals surface area contributed by atoms with Gasteiger partial charge in [-0.3, -0.25) is 0 Å². The van der Waals surface area contributed by atoms with Gasteiger partial charge in [-0.2, -0.15) is 0 Å². The fourth-order valence-corrected chi connectivity index (χ4v) is 2.42. The predicted molar refractivity (Wildman–Crippen MR) is 80.8 cm³/mol. The van der Waals surface area contributed by atoms with Gasteiger partial charge < -0.3 is 5.32 Å². The Morgan fingerprint density at radius 2 is 1.94 bits per heavy atom. The Labute approximate surface area is 121 Å². The van der Waals surface area contributed by atoms with E-state index in [4.69, 9.17) is 11.6 Å². The van der Waals surface area contributed by atoms with E-state index in [1.54, 1.807) is 0 Å². The standard InChI is InChI=1S/C15H15BrClN/c1-11(12-6-4-7-14(17)9-12)18-10-13-5-2-3-8-15(13)16/h2-9,11,18H,10H2,1H3/t11-/m1/s1. The summed E-state index contributed by atoms with van der Waals surface area (Å²) in [6.45, 7) is 2.97. The Balaban J connectivity index is 2.00. The van der Waals surface area contributed by atoms with Crippen molar-refractivity contribution in [2.45, 2.75) is 19.5 Å². The highest BCUT2D eigenvalue weighted by Crippen LogP contribution is 2.20. The molecule has 1 nitrogen and oxygen atoms in total. The maximum Gasteiger partial charge on any atom is 0.0409 e. The highest BCUT2D eigenvalue weighted by molar-refractivity contribution is 9.10. The number of rotatable bonds is 4. The summed E-state index contributed by atoms with van der Waals surface area (Å²) in [7, 11) is 0. The lowest BCUT2D eigenvalue weighted by molar-refractivity contribution is 0.574. The van der Waals surface area contributed by atoms with Crippen LogP contribution in [0.3, 0.4) is 0 Å². The molecule has 0 amide bonds. The molecule has 0 bridgehead atoms. The first kappa shape index (κ1) is 13.6. The Hall–Kier alpha value is -0.830. The summed E-state index contributed by atoms with van der Waals surface area (Å²) in [5.41, 5.74) is 2.46. The lowest BCUT2D eigenvalue weighted by Gasteiger charge is -2.15. The summed E-state index contributed by atoms with van der Waals surface area (Å²) in [6.07, 6.45) is 0. The lowest BCUT2D eigenvalue weighted by Crippen LogP contribution is -2.18. The van der Waals surface area contributed by atoms with E-state index in [1.807, 2.05) is 30.3 Å². The molecular weight excluding hydrogens is 310 g/mol. The van der Waals surface area contributed by atoms with Crippen molar-refractivity contribution in [1.82, 2.24) is 5.32 Å². The highest BCUT2D eigenvalue weighted by Gasteiger charge is 2.06. The summed E-state index contributed by atoms with van der Waals surface area (Å²) in [4.78, 5) is 0. The van der Waals surface area contributed by atoms with Crippen LogP contribution in [0, 0.1) is 0 Å². The molecule has 0 aliphatic heterocycles. The fraction of sp³-hybridized carbons (Fsp3) is 0.200. The highest BCUT2D eigenvalue weighted by atomic mass is 79.9. The Bertz CT molecular complexity index is 527. The fourth-order valence-electron chi connectivity index (χ4n) is 1.80. The second-order valence-electron chi connectivity index (χ2n) is 4.25. The number of hydrogen-bond donors (Lipinski definition) is 1. The van der Waals surface area contributed by atoms with Gasteiger partial charge in [0.05, 0.1) is 0 Å². The minimum Gasteiger partial charge on any atom is -0.306 e. The van der Waals surface area contributed by atoms with Crippen molar-refractivity contribution in [3.8, 4) is 0 Å². The zero-order valence-electron chi connectivity index (χ0n) is 10.2. The van der Waals surface area contributed by atoms with Crippen LogP contribution in [0.15, 0.2) is 53.0 Å². The quantitative estimate of drug-likeness (QED) is 0.838. The topological polar surface area (TPSA) is 12.0 Å². The first-order valence-electron chi connectivity index (χ1n) is 5.89. The van der Waals surface area contributed by atoms with Crippen molar-refractivity contribution in [3.05, 3.63) is 69.2 Å². The van der Waals surface area contributed by atoms with Gasteiger partial charge in [-0.25, -0.2) is 0 Å². The second-order valence-corrected chi connectivity index (χ2v) is 5.54. The molecule has 2 aromatic carbocycles. The first-order chi connectivity index (χ1) is 8.66. The average molecular weight is 325 g/mol. The number of halogens is 2. The molecule has 0 spiro atoms. The van der Waals surface area contributed by atoms with Gasteiger partial charge in [-0.1, -0.05) is 57.9 Å². The van der Waals surface area contributed by atoms with Crippen LogP contribution in [-0.4, -0.2) is 0 Å². The van der Waals surface area contributed by atoms with E-state index in [1.165, 1.54) is 11.1 Å². The van der Waals surface area contributed by atoms with Gasteiger partial charge in [0.1, 0.15) is 0 Å². The Morgan fingerprint density at radius 3 is 2.67 bits per heavy atom. The largest absolute Gasteiger partial charge is 0.306 e. The van der Waals surface area contributed by atoms with Gasteiger partial charge in [0, 0.05) is 22.1 Å². The first-order valence-corrected chi connectivity index (χ1v) is 7.06. The second kappa shape index (κ2) is 6.37. The van der Waals surface area contributed by atoms with Gasteiger partial charge in [-0.05, 0) is 36.2 Å². The summed E-state index contributed by atoms with van der Waals surface area (Å²) < 4.78 is 1.13. The van der Waals surface area contributed by atoms with E-state index in [0.29, 0.717) is 0 Å². The molecule has 18 heavy (non-hydrogen) atoms. The number of hydrogen-bond acceptors (Lipinski definition) is 1. The minimum atomic E-state index is 0.274. The van der Waals surface area contributed by atoms with Crippen molar-refractivity contribution in [3.63, 3.8) is 0 Å². The van der Waals surface area contributed by atoms with Crippen molar-refractivity contribution in [2.75, 3.05) is 0 Å². The molecule has 1 atom stereocenters. The van der Waals surface area contributed by atoms with E-state index in [9.17, 15) is 0 Å². The molecule has 0 radical (unpaired) electrons. The third kappa shape index (κ3) is 3.58. The van der Waals surface area contributed by atoms with Gasteiger partial charge >= 0.3 is 0 Å². The molecule has 2 rings (SSSR count). The zero-order chi connectivity index (χ0) is 13.0. The summed E-state index contributed by atoms with van der Waals surface area (Å²) >= 11 is 9.55. The van der Waals surface area contributed by atoms with Crippen LogP contribution in [0.4, 0.5) is 0 Å². The third-order valence-corrected chi connectivity index (χ3v) is 3.91. The number of nitrogens with one attached hydrogen (secondary N) is 1. The predicted octanol–water partition coefficient (Wildman–Crippen LogP) is 4.95. The van der Waals surface area contributed by atoms with E-state index in [-0.39, 0.29) is 6.04 Å². The molecule has 0 unspecified atom stereocenters. The van der Waals surface area contributed by atoms with Crippen LogP contribution in [0.5, 0.6) is 0 Å². The van der Waals surface area contributed by atoms with Gasteiger partial charge in [0.2, 0.25) is 0 Å². The molecule has 0 saturated carbocycles. The van der Waals surface area contributed by atoms with E-state index in [0.717, 1.165) is 16.0 Å². The SMILES string of the molecule is C[C@@H](NCc1ccccc1Br)c1cccc(Cl)c1. The van der Waals surface area contributed by atoms with Crippen molar-refractivity contribution in [2.24, 2.45) is 0 Å². The van der Waals surface area contributed by atoms with Gasteiger partial charge in [-0.15, -0.1) is 0 Å². The molecule has 2 aromatic rings. The van der Waals surface area contributed by atoms with Crippen LogP contribution in [0.1, 0.15) is 24.1 Å². The van der Waals surface area contributed by atoms with E-state index < -0.39 is 0 Å². The maximum atomic E-state index is 6.00. The average Bonchev–Trinajstić information content (AvgIpc) is 2.37.